The van der Waals surface area contributed by atoms with Crippen molar-refractivity contribution in [1.82, 2.24) is 35.1 Å². The molecular weight excluding hydrogens is 306 g/mol. The van der Waals surface area contributed by atoms with Gasteiger partial charge >= 0.3 is 0 Å². The Hall–Kier alpha value is -2.77. The number of nitrogens with one attached hydrogen (secondary N) is 1. The van der Waals surface area contributed by atoms with Crippen LogP contribution in [0.1, 0.15) is 41.0 Å². The summed E-state index contributed by atoms with van der Waals surface area (Å²) in [7, 11) is 0. The molecule has 0 bridgehead atoms. The molecule has 1 aliphatic carbocycles. The second-order valence-electron chi connectivity index (χ2n) is 6.74. The summed E-state index contributed by atoms with van der Waals surface area (Å²) in [5, 5.41) is 18.9. The number of piperidine rings is 1. The number of likely N-dealkylation sites (tertiary alicyclic amines) is 1. The molecule has 1 aliphatic heterocycles. The van der Waals surface area contributed by atoms with Gasteiger partial charge in [0.05, 0.1) is 6.20 Å². The second-order valence-corrected chi connectivity index (χ2v) is 6.74. The van der Waals surface area contributed by atoms with E-state index >= 15 is 0 Å². The Morgan fingerprint density at radius 2 is 2.25 bits per heavy atom. The van der Waals surface area contributed by atoms with Crippen LogP contribution in [0.3, 0.4) is 0 Å². The number of nitrogens with zero attached hydrogens (tertiary/aromatic N) is 6. The van der Waals surface area contributed by atoms with Gasteiger partial charge in [0.25, 0.3) is 5.91 Å². The molecule has 1 saturated heterocycles. The zero-order valence-corrected chi connectivity index (χ0v) is 13.1. The molecule has 8 nitrogen and oxygen atoms in total. The van der Waals surface area contributed by atoms with Crippen LogP contribution in [0.5, 0.6) is 0 Å². The van der Waals surface area contributed by atoms with Crippen LogP contribution < -0.4 is 0 Å². The third kappa shape index (κ3) is 1.82. The van der Waals surface area contributed by atoms with Crippen molar-refractivity contribution in [3.8, 4) is 0 Å². The summed E-state index contributed by atoms with van der Waals surface area (Å²) in [5.41, 5.74) is 3.64. The molecule has 5 rings (SSSR count). The third-order valence-corrected chi connectivity index (χ3v) is 5.43. The van der Waals surface area contributed by atoms with Crippen molar-refractivity contribution in [2.75, 3.05) is 13.1 Å². The molecule has 3 aromatic rings. The first-order chi connectivity index (χ1) is 11.8. The Morgan fingerprint density at radius 3 is 3.21 bits per heavy atom. The number of aromatic nitrogens is 6. The number of carbonyl (C=O) groups is 1. The van der Waals surface area contributed by atoms with Crippen molar-refractivity contribution in [2.24, 2.45) is 0 Å². The van der Waals surface area contributed by atoms with Crippen LogP contribution in [0.15, 0.2) is 24.4 Å². The molecule has 1 fully saturated rings. The van der Waals surface area contributed by atoms with Crippen molar-refractivity contribution in [1.29, 1.82) is 0 Å². The molecule has 1 amide bonds. The standard InChI is InChI=1S/C16H17N7O/c24-15(12-3-1-4-13-18-20-21-23(12)13)22-8-2-6-16(10-22)7-5-11-9-17-19-14(11)16/h1,3-4,9H,2,5-8,10H2,(H,17,19). The quantitative estimate of drug-likeness (QED) is 0.720. The van der Waals surface area contributed by atoms with Crippen LogP contribution in [0.25, 0.3) is 5.65 Å². The summed E-state index contributed by atoms with van der Waals surface area (Å²) < 4.78 is 1.51. The minimum Gasteiger partial charge on any atom is -0.336 e. The highest BCUT2D eigenvalue weighted by Crippen LogP contribution is 2.44. The highest BCUT2D eigenvalue weighted by molar-refractivity contribution is 5.93. The Bertz CT molecular complexity index is 929. The summed E-state index contributed by atoms with van der Waals surface area (Å²) in [6.45, 7) is 1.49. The molecule has 0 saturated carbocycles. The first-order valence-electron chi connectivity index (χ1n) is 8.26. The average Bonchev–Trinajstić information content (AvgIpc) is 3.32. The monoisotopic (exact) mass is 323 g/mol. The van der Waals surface area contributed by atoms with E-state index in [1.165, 1.54) is 15.8 Å². The maximum Gasteiger partial charge on any atom is 0.272 e. The molecule has 0 radical (unpaired) electrons. The van der Waals surface area contributed by atoms with E-state index in [-0.39, 0.29) is 11.3 Å². The van der Waals surface area contributed by atoms with E-state index < -0.39 is 0 Å². The van der Waals surface area contributed by atoms with Crippen molar-refractivity contribution in [3.63, 3.8) is 0 Å². The molecule has 0 aromatic carbocycles. The first-order valence-corrected chi connectivity index (χ1v) is 8.26. The van der Waals surface area contributed by atoms with Crippen molar-refractivity contribution in [3.05, 3.63) is 41.3 Å². The number of aromatic amines is 1. The predicted molar refractivity (Wildman–Crippen MR) is 84.5 cm³/mol. The fourth-order valence-electron chi connectivity index (χ4n) is 4.26. The molecule has 24 heavy (non-hydrogen) atoms. The van der Waals surface area contributed by atoms with Gasteiger partial charge in [-0.25, -0.2) is 0 Å². The average molecular weight is 323 g/mol. The van der Waals surface area contributed by atoms with Crippen LogP contribution in [0.4, 0.5) is 0 Å². The first kappa shape index (κ1) is 13.6. The Kier molecular flexibility index (Phi) is 2.76. The van der Waals surface area contributed by atoms with Crippen molar-refractivity contribution in [2.45, 2.75) is 31.1 Å². The van der Waals surface area contributed by atoms with E-state index in [4.69, 9.17) is 0 Å². The maximum absolute atomic E-state index is 13.1. The minimum absolute atomic E-state index is 0.0139. The SMILES string of the molecule is O=C(c1cccc2nnnn12)N1CCCC2(CCc3cn[nH]c32)C1. The Morgan fingerprint density at radius 1 is 1.29 bits per heavy atom. The Labute approximate surface area is 137 Å². The fourth-order valence-corrected chi connectivity index (χ4v) is 4.26. The van der Waals surface area contributed by atoms with Gasteiger partial charge in [-0.15, -0.1) is 5.10 Å². The molecule has 122 valence electrons. The summed E-state index contributed by atoms with van der Waals surface area (Å²) in [6.07, 6.45) is 6.13. The number of pyridine rings is 1. The normalized spacial score (nSPS) is 23.1. The van der Waals surface area contributed by atoms with E-state index in [2.05, 4.69) is 25.7 Å². The van der Waals surface area contributed by atoms with Gasteiger partial charge in [0.15, 0.2) is 5.65 Å². The zero-order valence-electron chi connectivity index (χ0n) is 13.1. The van der Waals surface area contributed by atoms with E-state index in [1.807, 2.05) is 17.2 Å². The summed E-state index contributed by atoms with van der Waals surface area (Å²) >= 11 is 0. The topological polar surface area (TPSA) is 92.1 Å². The lowest BCUT2D eigenvalue weighted by molar-refractivity contribution is 0.0624. The lowest BCUT2D eigenvalue weighted by Crippen LogP contribution is -2.48. The number of fused-ring (bicyclic) bond motifs is 3. The number of hydrogen-bond acceptors (Lipinski definition) is 5. The van der Waals surface area contributed by atoms with Crippen LogP contribution in [0, 0.1) is 0 Å². The van der Waals surface area contributed by atoms with Gasteiger partial charge in [-0.3, -0.25) is 9.89 Å². The van der Waals surface area contributed by atoms with Gasteiger partial charge in [0.2, 0.25) is 0 Å². The van der Waals surface area contributed by atoms with Gasteiger partial charge in [-0.1, -0.05) is 6.07 Å². The van der Waals surface area contributed by atoms with Crippen molar-refractivity contribution < 1.29 is 4.79 Å². The summed E-state index contributed by atoms with van der Waals surface area (Å²) in [4.78, 5) is 15.0. The maximum atomic E-state index is 13.1. The third-order valence-electron chi connectivity index (χ3n) is 5.43. The number of rotatable bonds is 1. The van der Waals surface area contributed by atoms with Gasteiger partial charge in [0.1, 0.15) is 5.69 Å². The number of amides is 1. The number of aryl methyl sites for hydroxylation is 1. The lowest BCUT2D eigenvalue weighted by atomic mass is 9.77. The molecule has 2 aliphatic rings. The van der Waals surface area contributed by atoms with Crippen LogP contribution in [-0.4, -0.2) is 54.1 Å². The molecule has 1 N–H and O–H groups in total. The highest BCUT2D eigenvalue weighted by atomic mass is 16.2. The zero-order chi connectivity index (χ0) is 16.1. The highest BCUT2D eigenvalue weighted by Gasteiger charge is 2.44. The van der Waals surface area contributed by atoms with Crippen LogP contribution >= 0.6 is 0 Å². The molecule has 1 atom stereocenters. The predicted octanol–water partition coefficient (Wildman–Crippen LogP) is 0.968. The number of tetrazole rings is 1. The van der Waals surface area contributed by atoms with E-state index in [9.17, 15) is 4.79 Å². The van der Waals surface area contributed by atoms with Gasteiger partial charge < -0.3 is 4.90 Å². The molecular formula is C16H17N7O. The van der Waals surface area contributed by atoms with Crippen LogP contribution in [-0.2, 0) is 11.8 Å². The number of hydrogen-bond donors (Lipinski definition) is 1. The molecule has 8 heteroatoms. The fraction of sp³-hybridized carbons (Fsp3) is 0.438. The van der Waals surface area contributed by atoms with Crippen molar-refractivity contribution >= 4 is 11.6 Å². The van der Waals surface area contributed by atoms with Crippen LogP contribution in [0.2, 0.25) is 0 Å². The molecule has 1 unspecified atom stereocenters. The summed E-state index contributed by atoms with van der Waals surface area (Å²) in [6, 6.07) is 5.40. The number of H-pyrrole nitrogens is 1. The van der Waals surface area contributed by atoms with E-state index in [0.29, 0.717) is 11.3 Å². The van der Waals surface area contributed by atoms with Gasteiger partial charge in [0, 0.05) is 24.2 Å². The lowest BCUT2D eigenvalue weighted by Gasteiger charge is -2.40. The number of carbonyl (C=O) groups excluding carboxylic acids is 1. The molecule has 3 aromatic heterocycles. The van der Waals surface area contributed by atoms with E-state index in [0.717, 1.165) is 38.8 Å². The van der Waals surface area contributed by atoms with Gasteiger partial charge in [-0.05, 0) is 53.8 Å². The van der Waals surface area contributed by atoms with Gasteiger partial charge in [-0.2, -0.15) is 9.61 Å². The second kappa shape index (κ2) is 4.86. The molecule has 4 heterocycles. The Balaban J connectivity index is 1.49. The molecule has 1 spiro atoms. The minimum atomic E-state index is -0.0139. The smallest absolute Gasteiger partial charge is 0.272 e. The van der Waals surface area contributed by atoms with E-state index in [1.54, 1.807) is 12.1 Å². The summed E-state index contributed by atoms with van der Waals surface area (Å²) in [5.74, 6) is -0.0139. The largest absolute Gasteiger partial charge is 0.336 e.